The van der Waals surface area contributed by atoms with E-state index in [1.54, 1.807) is 6.92 Å². The smallest absolute Gasteiger partial charge is 0.305 e. The monoisotopic (exact) mass is 336 g/mol. The number of nitrogens with one attached hydrogen (secondary N) is 1. The van der Waals surface area contributed by atoms with E-state index in [1.807, 2.05) is 0 Å². The lowest BCUT2D eigenvalue weighted by Gasteiger charge is -2.27. The molecule has 1 heterocycles. The quantitative estimate of drug-likeness (QED) is 0.782. The fourth-order valence-corrected chi connectivity index (χ4v) is 2.19. The Morgan fingerprint density at radius 2 is 2.04 bits per heavy atom. The maximum absolute atomic E-state index is 12.9. The third kappa shape index (κ3) is 4.35. The van der Waals surface area contributed by atoms with Crippen molar-refractivity contribution in [2.45, 2.75) is 18.9 Å². The predicted molar refractivity (Wildman–Crippen MR) is 81.3 cm³/mol. The molecule has 0 aliphatic heterocycles. The topological polar surface area (TPSA) is 106 Å². The molecule has 1 atom stereocenters. The molecule has 0 spiro atoms. The van der Waals surface area contributed by atoms with Crippen LogP contribution in [0.3, 0.4) is 0 Å². The number of benzene rings is 1. The van der Waals surface area contributed by atoms with Crippen molar-refractivity contribution in [3.05, 3.63) is 42.0 Å². The first-order chi connectivity index (χ1) is 11.3. The van der Waals surface area contributed by atoms with Gasteiger partial charge in [0.2, 0.25) is 0 Å². The molecular weight excluding hydrogens is 319 g/mol. The first kappa shape index (κ1) is 17.5. The van der Waals surface area contributed by atoms with Gasteiger partial charge in [-0.1, -0.05) is 0 Å². The first-order valence-corrected chi connectivity index (χ1v) is 7.04. The highest BCUT2D eigenvalue weighted by Crippen LogP contribution is 2.12. The molecule has 0 fully saturated rings. The summed E-state index contributed by atoms with van der Waals surface area (Å²) in [5.41, 5.74) is -0.593. The van der Waals surface area contributed by atoms with E-state index in [1.165, 1.54) is 42.4 Å². The van der Waals surface area contributed by atoms with Gasteiger partial charge < -0.3 is 15.2 Å². The van der Waals surface area contributed by atoms with E-state index in [9.17, 15) is 14.0 Å². The fraction of sp³-hybridized carbons (Fsp3) is 0.333. The number of ether oxygens (including phenoxy) is 1. The maximum atomic E-state index is 12.9. The molecule has 2 aromatic rings. The maximum Gasteiger partial charge on any atom is 0.305 e. The Kier molecular flexibility index (Phi) is 5.24. The molecule has 0 aliphatic carbocycles. The van der Waals surface area contributed by atoms with Gasteiger partial charge in [-0.2, -0.15) is 9.90 Å². The average Bonchev–Trinajstić information content (AvgIpc) is 2.97. The summed E-state index contributed by atoms with van der Waals surface area (Å²) in [4.78, 5) is 24.4. The SMILES string of the molecule is COCC(C)(CC(=O)O)NC(=O)c1cnn(-c2ccc(F)cc2)n1. The molecule has 2 rings (SSSR count). The zero-order chi connectivity index (χ0) is 17.7. The van der Waals surface area contributed by atoms with E-state index in [-0.39, 0.29) is 18.7 Å². The van der Waals surface area contributed by atoms with Crippen LogP contribution in [0.25, 0.3) is 5.69 Å². The van der Waals surface area contributed by atoms with Gasteiger partial charge in [0.05, 0.1) is 30.5 Å². The number of aliphatic carboxylic acids is 1. The normalized spacial score (nSPS) is 13.3. The van der Waals surface area contributed by atoms with E-state index >= 15 is 0 Å². The minimum atomic E-state index is -1.09. The Morgan fingerprint density at radius 1 is 1.38 bits per heavy atom. The first-order valence-electron chi connectivity index (χ1n) is 7.04. The molecule has 1 aromatic heterocycles. The molecule has 0 saturated carbocycles. The standard InChI is InChI=1S/C15H17FN4O4/c1-15(9-24-2,7-13(21)22)18-14(23)12-8-17-20(19-12)11-5-3-10(16)4-6-11/h3-6,8H,7,9H2,1-2H3,(H,18,23)(H,21,22). The number of hydrogen-bond acceptors (Lipinski definition) is 5. The predicted octanol–water partition coefficient (Wildman–Crippen LogP) is 1.02. The third-order valence-electron chi connectivity index (χ3n) is 3.20. The molecule has 2 N–H and O–H groups in total. The van der Waals surface area contributed by atoms with Crippen molar-refractivity contribution >= 4 is 11.9 Å². The lowest BCUT2D eigenvalue weighted by Crippen LogP contribution is -2.50. The molecule has 0 aliphatic rings. The Balaban J connectivity index is 2.15. The molecule has 1 amide bonds. The zero-order valence-corrected chi connectivity index (χ0v) is 13.2. The van der Waals surface area contributed by atoms with Crippen LogP contribution in [0.15, 0.2) is 30.5 Å². The van der Waals surface area contributed by atoms with Crippen molar-refractivity contribution in [3.63, 3.8) is 0 Å². The van der Waals surface area contributed by atoms with Crippen LogP contribution in [0, 0.1) is 5.82 Å². The number of carbonyl (C=O) groups excluding carboxylic acids is 1. The number of hydrogen-bond donors (Lipinski definition) is 2. The number of carboxylic acid groups (broad SMARTS) is 1. The number of carbonyl (C=O) groups is 2. The molecule has 0 radical (unpaired) electrons. The van der Waals surface area contributed by atoms with Crippen LogP contribution in [0.1, 0.15) is 23.8 Å². The van der Waals surface area contributed by atoms with Crippen LogP contribution in [0.4, 0.5) is 4.39 Å². The Bertz CT molecular complexity index is 731. The summed E-state index contributed by atoms with van der Waals surface area (Å²) in [7, 11) is 1.41. The summed E-state index contributed by atoms with van der Waals surface area (Å²) in [6.07, 6.45) is 0.936. The second-order valence-electron chi connectivity index (χ2n) is 5.51. The number of rotatable bonds is 7. The van der Waals surface area contributed by atoms with Crippen LogP contribution in [0.5, 0.6) is 0 Å². The average molecular weight is 336 g/mol. The fourth-order valence-electron chi connectivity index (χ4n) is 2.19. The molecule has 1 aromatic carbocycles. The van der Waals surface area contributed by atoms with Crippen molar-refractivity contribution in [2.75, 3.05) is 13.7 Å². The van der Waals surface area contributed by atoms with Crippen molar-refractivity contribution in [1.82, 2.24) is 20.3 Å². The van der Waals surface area contributed by atoms with Gasteiger partial charge in [0, 0.05) is 7.11 Å². The summed E-state index contributed by atoms with van der Waals surface area (Å²) in [5, 5.41) is 19.5. The summed E-state index contributed by atoms with van der Waals surface area (Å²) in [6.45, 7) is 1.59. The molecular formula is C15H17FN4O4. The number of methoxy groups -OCH3 is 1. The van der Waals surface area contributed by atoms with E-state index in [4.69, 9.17) is 9.84 Å². The Labute approximate surface area is 137 Å². The molecule has 0 bridgehead atoms. The molecule has 0 saturated heterocycles. The molecule has 128 valence electrons. The van der Waals surface area contributed by atoms with Gasteiger partial charge in [-0.15, -0.1) is 5.10 Å². The van der Waals surface area contributed by atoms with Gasteiger partial charge in [-0.3, -0.25) is 9.59 Å². The van der Waals surface area contributed by atoms with Crippen LogP contribution >= 0.6 is 0 Å². The number of halogens is 1. The van der Waals surface area contributed by atoms with Gasteiger partial charge in [-0.25, -0.2) is 4.39 Å². The molecule has 1 unspecified atom stereocenters. The van der Waals surface area contributed by atoms with Gasteiger partial charge in [0.1, 0.15) is 5.82 Å². The summed E-state index contributed by atoms with van der Waals surface area (Å²) >= 11 is 0. The highest BCUT2D eigenvalue weighted by molar-refractivity contribution is 5.92. The highest BCUT2D eigenvalue weighted by Gasteiger charge is 2.30. The van der Waals surface area contributed by atoms with Crippen molar-refractivity contribution < 1.29 is 23.8 Å². The highest BCUT2D eigenvalue weighted by atomic mass is 19.1. The molecule has 24 heavy (non-hydrogen) atoms. The second kappa shape index (κ2) is 7.18. The van der Waals surface area contributed by atoms with Crippen LogP contribution < -0.4 is 5.32 Å². The molecule has 8 nitrogen and oxygen atoms in total. The summed E-state index contributed by atoms with van der Waals surface area (Å²) in [5.74, 6) is -2.04. The van der Waals surface area contributed by atoms with E-state index in [0.29, 0.717) is 5.69 Å². The van der Waals surface area contributed by atoms with Crippen molar-refractivity contribution in [1.29, 1.82) is 0 Å². The number of aromatic nitrogens is 3. The number of nitrogens with zero attached hydrogens (tertiary/aromatic N) is 3. The van der Waals surface area contributed by atoms with E-state index in [2.05, 4.69) is 15.5 Å². The zero-order valence-electron chi connectivity index (χ0n) is 13.2. The van der Waals surface area contributed by atoms with E-state index < -0.39 is 23.2 Å². The van der Waals surface area contributed by atoms with Crippen molar-refractivity contribution in [3.8, 4) is 5.69 Å². The van der Waals surface area contributed by atoms with Gasteiger partial charge in [-0.05, 0) is 31.2 Å². The van der Waals surface area contributed by atoms with Gasteiger partial charge in [0.15, 0.2) is 5.69 Å². The van der Waals surface area contributed by atoms with Crippen LogP contribution in [-0.4, -0.2) is 51.2 Å². The van der Waals surface area contributed by atoms with Crippen LogP contribution in [-0.2, 0) is 9.53 Å². The van der Waals surface area contributed by atoms with E-state index in [0.717, 1.165) is 0 Å². The number of carboxylic acids is 1. The Hall–Kier alpha value is -2.81. The summed E-state index contributed by atoms with van der Waals surface area (Å²) < 4.78 is 17.9. The second-order valence-corrected chi connectivity index (χ2v) is 5.51. The van der Waals surface area contributed by atoms with Gasteiger partial charge in [0.25, 0.3) is 5.91 Å². The lowest BCUT2D eigenvalue weighted by molar-refractivity contribution is -0.139. The molecule has 9 heteroatoms. The lowest BCUT2D eigenvalue weighted by atomic mass is 9.99. The van der Waals surface area contributed by atoms with Gasteiger partial charge >= 0.3 is 5.97 Å². The van der Waals surface area contributed by atoms with Crippen molar-refractivity contribution in [2.24, 2.45) is 0 Å². The largest absolute Gasteiger partial charge is 0.481 e. The summed E-state index contributed by atoms with van der Waals surface area (Å²) in [6, 6.07) is 5.44. The number of amides is 1. The minimum absolute atomic E-state index is 0.00652. The van der Waals surface area contributed by atoms with Crippen LogP contribution in [0.2, 0.25) is 0 Å². The minimum Gasteiger partial charge on any atom is -0.481 e. The Morgan fingerprint density at radius 3 is 2.62 bits per heavy atom. The third-order valence-corrected chi connectivity index (χ3v) is 3.20.